The van der Waals surface area contributed by atoms with E-state index in [0.29, 0.717) is 16.9 Å². The maximum Gasteiger partial charge on any atom is 0.267 e. The van der Waals surface area contributed by atoms with Gasteiger partial charge < -0.3 is 15.6 Å². The third kappa shape index (κ3) is 5.39. The minimum atomic E-state index is -2.27. The monoisotopic (exact) mass is 575 g/mol. The lowest BCUT2D eigenvalue weighted by atomic mass is 10.2. The van der Waals surface area contributed by atoms with E-state index in [-0.39, 0.29) is 38.3 Å². The Labute approximate surface area is 234 Å². The summed E-state index contributed by atoms with van der Waals surface area (Å²) in [5.41, 5.74) is 6.87. The van der Waals surface area contributed by atoms with Crippen LogP contribution in [-0.4, -0.2) is 33.3 Å². The summed E-state index contributed by atoms with van der Waals surface area (Å²) < 4.78 is 35.9. The summed E-state index contributed by atoms with van der Waals surface area (Å²) in [7, 11) is 0. The number of hydrogen-bond acceptors (Lipinski definition) is 8. The average molecular weight is 576 g/mol. The Balaban J connectivity index is 1.64. The van der Waals surface area contributed by atoms with Gasteiger partial charge in [-0.15, -0.1) is 0 Å². The summed E-state index contributed by atoms with van der Waals surface area (Å²) in [6.45, 7) is 1.75. The van der Waals surface area contributed by atoms with E-state index >= 15 is 0 Å². The Morgan fingerprint density at radius 1 is 1.12 bits per heavy atom. The second-order valence-corrected chi connectivity index (χ2v) is 9.83. The van der Waals surface area contributed by atoms with Gasteiger partial charge in [-0.3, -0.25) is 9.36 Å². The summed E-state index contributed by atoms with van der Waals surface area (Å²) in [6, 6.07) is 13.0. The van der Waals surface area contributed by atoms with Crippen molar-refractivity contribution in [3.05, 3.63) is 105 Å². The maximum atomic E-state index is 13.8. The fourth-order valence-corrected chi connectivity index (χ4v) is 4.62. The molecule has 0 saturated carbocycles. The second kappa shape index (κ2) is 11.2. The van der Waals surface area contributed by atoms with Gasteiger partial charge in [0.15, 0.2) is 11.1 Å². The van der Waals surface area contributed by atoms with E-state index in [0.717, 1.165) is 6.20 Å². The largest absolute Gasteiger partial charge is 0.382 e. The molecule has 3 heterocycles. The average Bonchev–Trinajstić information content (AvgIpc) is 2.93. The van der Waals surface area contributed by atoms with Crippen molar-refractivity contribution >= 4 is 45.2 Å². The molecular formula is C27H19ClFN7O3S. The summed E-state index contributed by atoms with van der Waals surface area (Å²) >= 11 is 4.09. The van der Waals surface area contributed by atoms with Crippen LogP contribution in [0.3, 0.4) is 0 Å². The van der Waals surface area contributed by atoms with Gasteiger partial charge in [-0.25, -0.2) is 28.5 Å². The molecule has 0 aliphatic heterocycles. The van der Waals surface area contributed by atoms with E-state index in [1.54, 1.807) is 37.3 Å². The smallest absolute Gasteiger partial charge is 0.267 e. The molecule has 2 atom stereocenters. The number of benzene rings is 2. The van der Waals surface area contributed by atoms with Gasteiger partial charge in [0.25, 0.3) is 5.56 Å². The van der Waals surface area contributed by atoms with Crippen molar-refractivity contribution in [2.75, 3.05) is 11.1 Å². The van der Waals surface area contributed by atoms with Crippen molar-refractivity contribution < 1.29 is 13.2 Å². The van der Waals surface area contributed by atoms with E-state index in [4.69, 9.17) is 22.3 Å². The number of fused-ring (bicyclic) bond motifs is 1. The lowest BCUT2D eigenvalue weighted by Crippen LogP contribution is -2.28. The van der Waals surface area contributed by atoms with Crippen molar-refractivity contribution in [3.8, 4) is 17.5 Å². The molecule has 0 amide bonds. The number of pyridine rings is 1. The third-order valence-electron chi connectivity index (χ3n) is 5.81. The molecule has 0 spiro atoms. The highest BCUT2D eigenvalue weighted by Gasteiger charge is 2.21. The fourth-order valence-electron chi connectivity index (χ4n) is 3.96. The molecule has 13 heteroatoms. The molecule has 5 rings (SSSR count). The molecule has 0 saturated heterocycles. The van der Waals surface area contributed by atoms with Crippen LogP contribution >= 0.6 is 11.6 Å². The standard InChI is InChI=1S/C27H19ClFN7O3S/c1-15(34-25-20(24(30)32-14-33-25)11-10-17-9-8-16(29)13-31-17)26-35-22-7-3-6-21(28)23(22)27(37)36(26)18-4-2-5-19(12-18)40(38)39/h2-9,12-15H,1H3,(H,38,39)(H3,30,32,33,34). The molecule has 5 aromatic rings. The number of halogens is 2. The lowest BCUT2D eigenvalue weighted by Gasteiger charge is -2.21. The molecule has 4 N–H and O–H groups in total. The van der Waals surface area contributed by atoms with Crippen LogP contribution < -0.4 is 16.6 Å². The van der Waals surface area contributed by atoms with Crippen LogP contribution in [0.4, 0.5) is 16.0 Å². The van der Waals surface area contributed by atoms with Gasteiger partial charge in [0.1, 0.15) is 40.9 Å². The first kappa shape index (κ1) is 26.9. The van der Waals surface area contributed by atoms with Gasteiger partial charge in [0.2, 0.25) is 0 Å². The first-order chi connectivity index (χ1) is 19.2. The van der Waals surface area contributed by atoms with Gasteiger partial charge >= 0.3 is 0 Å². The second-order valence-electron chi connectivity index (χ2n) is 8.45. The molecule has 2 unspecified atom stereocenters. The number of nitrogens with two attached hydrogens (primary N) is 1. The fraction of sp³-hybridized carbons (Fsp3) is 0.0741. The molecule has 40 heavy (non-hydrogen) atoms. The number of anilines is 2. The van der Waals surface area contributed by atoms with E-state index in [2.05, 4.69) is 32.1 Å². The quantitative estimate of drug-likeness (QED) is 0.208. The SMILES string of the molecule is CC(Nc1ncnc(N)c1C#Cc1ccc(F)cn1)c1nc2cccc(Cl)c2c(=O)n1-c1cccc(S(=O)O)c1. The number of rotatable bonds is 5. The van der Waals surface area contributed by atoms with Crippen molar-refractivity contribution in [2.45, 2.75) is 17.9 Å². The van der Waals surface area contributed by atoms with Crippen molar-refractivity contribution in [1.29, 1.82) is 0 Å². The first-order valence-electron chi connectivity index (χ1n) is 11.7. The minimum absolute atomic E-state index is 0.0908. The number of nitrogen functional groups attached to an aromatic ring is 1. The summed E-state index contributed by atoms with van der Waals surface area (Å²) in [6.07, 6.45) is 2.31. The van der Waals surface area contributed by atoms with E-state index in [1.165, 1.54) is 35.2 Å². The topological polar surface area (TPSA) is 149 Å². The molecule has 0 bridgehead atoms. The van der Waals surface area contributed by atoms with Crippen molar-refractivity contribution in [2.24, 2.45) is 0 Å². The van der Waals surface area contributed by atoms with Crippen LogP contribution in [0.1, 0.15) is 30.0 Å². The molecular weight excluding hydrogens is 557 g/mol. The molecule has 2 aromatic carbocycles. The number of aromatic nitrogens is 5. The number of nitrogens with zero attached hydrogens (tertiary/aromatic N) is 5. The van der Waals surface area contributed by atoms with E-state index < -0.39 is 28.5 Å². The summed E-state index contributed by atoms with van der Waals surface area (Å²) in [5, 5.41) is 3.60. The zero-order valence-corrected chi connectivity index (χ0v) is 22.2. The zero-order valence-electron chi connectivity index (χ0n) is 20.7. The Bertz CT molecular complexity index is 1910. The van der Waals surface area contributed by atoms with Crippen LogP contribution in [0, 0.1) is 17.7 Å². The first-order valence-corrected chi connectivity index (χ1v) is 13.1. The minimum Gasteiger partial charge on any atom is -0.382 e. The normalized spacial score (nSPS) is 12.4. The molecule has 3 aromatic heterocycles. The predicted molar refractivity (Wildman–Crippen MR) is 150 cm³/mol. The Hall–Kier alpha value is -4.70. The van der Waals surface area contributed by atoms with Crippen LogP contribution in [0.25, 0.3) is 16.6 Å². The third-order valence-corrected chi connectivity index (χ3v) is 6.78. The Morgan fingerprint density at radius 2 is 1.93 bits per heavy atom. The molecule has 10 nitrogen and oxygen atoms in total. The highest BCUT2D eigenvalue weighted by atomic mass is 35.5. The predicted octanol–water partition coefficient (Wildman–Crippen LogP) is 4.10. The van der Waals surface area contributed by atoms with E-state index in [1.807, 2.05) is 0 Å². The Kier molecular flexibility index (Phi) is 7.52. The van der Waals surface area contributed by atoms with Crippen LogP contribution in [0.15, 0.2) is 76.8 Å². The van der Waals surface area contributed by atoms with Crippen LogP contribution in [0.2, 0.25) is 5.02 Å². The number of hydrogen-bond donors (Lipinski definition) is 3. The molecule has 0 aliphatic rings. The zero-order chi connectivity index (χ0) is 28.4. The van der Waals surface area contributed by atoms with Gasteiger partial charge in [-0.2, -0.15) is 0 Å². The highest BCUT2D eigenvalue weighted by molar-refractivity contribution is 7.79. The summed E-state index contributed by atoms with van der Waals surface area (Å²) in [5.74, 6) is 5.80. The maximum absolute atomic E-state index is 13.8. The summed E-state index contributed by atoms with van der Waals surface area (Å²) in [4.78, 5) is 30.8. The van der Waals surface area contributed by atoms with Crippen LogP contribution in [0.5, 0.6) is 0 Å². The van der Waals surface area contributed by atoms with Crippen molar-refractivity contribution in [3.63, 3.8) is 0 Å². The molecule has 200 valence electrons. The van der Waals surface area contributed by atoms with Gasteiger partial charge in [0.05, 0.1) is 38.7 Å². The van der Waals surface area contributed by atoms with Crippen LogP contribution in [-0.2, 0) is 11.1 Å². The highest BCUT2D eigenvalue weighted by Crippen LogP contribution is 2.26. The van der Waals surface area contributed by atoms with Gasteiger partial charge in [-0.1, -0.05) is 29.7 Å². The number of nitrogens with one attached hydrogen (secondary N) is 1. The molecule has 0 radical (unpaired) electrons. The molecule has 0 fully saturated rings. The van der Waals surface area contributed by atoms with Gasteiger partial charge in [0, 0.05) is 0 Å². The van der Waals surface area contributed by atoms with E-state index in [9.17, 15) is 17.9 Å². The molecule has 0 aliphatic carbocycles. The Morgan fingerprint density at radius 3 is 2.67 bits per heavy atom. The van der Waals surface area contributed by atoms with Crippen molar-refractivity contribution in [1.82, 2.24) is 24.5 Å². The van der Waals surface area contributed by atoms with Gasteiger partial charge in [-0.05, 0) is 55.3 Å². The lowest BCUT2D eigenvalue weighted by molar-refractivity contribution is 0.564.